The lowest BCUT2D eigenvalue weighted by Crippen LogP contribution is -2.36. The van der Waals surface area contributed by atoms with Crippen LogP contribution >= 0.6 is 0 Å². The molecule has 0 radical (unpaired) electrons. The predicted molar refractivity (Wildman–Crippen MR) is 65.2 cm³/mol. The normalized spacial score (nSPS) is 11.1. The number of aryl methyl sites for hydroxylation is 2. The van der Waals surface area contributed by atoms with Gasteiger partial charge in [0.05, 0.1) is 5.39 Å². The molecule has 0 spiro atoms. The summed E-state index contributed by atoms with van der Waals surface area (Å²) in [5.74, 6) is 0. The predicted octanol–water partition coefficient (Wildman–Crippen LogP) is 2.52. The minimum absolute atomic E-state index is 1.20. The van der Waals surface area contributed by atoms with Crippen LogP contribution < -0.4 is 4.68 Å². The molecule has 2 heteroatoms. The van der Waals surface area contributed by atoms with Gasteiger partial charge in [0.1, 0.15) is 6.20 Å². The summed E-state index contributed by atoms with van der Waals surface area (Å²) >= 11 is 0. The number of aromatic nitrogens is 2. The van der Waals surface area contributed by atoms with E-state index in [0.29, 0.717) is 0 Å². The van der Waals surface area contributed by atoms with Crippen molar-refractivity contribution in [3.05, 3.63) is 48.3 Å². The molecule has 16 heavy (non-hydrogen) atoms. The fourth-order valence-electron chi connectivity index (χ4n) is 2.16. The van der Waals surface area contributed by atoms with E-state index >= 15 is 0 Å². The fraction of sp³-hybridized carbons (Fsp3) is 0.143. The molecule has 0 unspecified atom stereocenters. The number of nitrogens with zero attached hydrogens (tertiary/aromatic N) is 2. The van der Waals surface area contributed by atoms with Crippen LogP contribution in [0.3, 0.4) is 0 Å². The van der Waals surface area contributed by atoms with Crippen molar-refractivity contribution in [1.29, 1.82) is 0 Å². The summed E-state index contributed by atoms with van der Waals surface area (Å²) in [6, 6.07) is 12.8. The molecule has 3 aromatic rings. The summed E-state index contributed by atoms with van der Waals surface area (Å²) in [5, 5.41) is 9.42. The molecule has 0 amide bonds. The van der Waals surface area contributed by atoms with Crippen molar-refractivity contribution >= 4 is 21.5 Å². The Balaban J connectivity index is 2.58. The summed E-state index contributed by atoms with van der Waals surface area (Å²) in [4.78, 5) is 0. The second-order valence-electron chi connectivity index (χ2n) is 4.10. The highest BCUT2D eigenvalue weighted by molar-refractivity contribution is 6.07. The minimum atomic E-state index is 1.20. The van der Waals surface area contributed by atoms with Gasteiger partial charge in [-0.25, -0.2) is 0 Å². The lowest BCUT2D eigenvalue weighted by Gasteiger charge is -2.03. The SMILES string of the molecule is Cc1c2ccc3ccccc3c2cn[n+]1C. The van der Waals surface area contributed by atoms with E-state index in [1.165, 1.54) is 27.2 Å². The average molecular weight is 209 g/mol. The van der Waals surface area contributed by atoms with Crippen molar-refractivity contribution in [2.24, 2.45) is 7.05 Å². The Morgan fingerprint density at radius 1 is 0.938 bits per heavy atom. The zero-order valence-electron chi connectivity index (χ0n) is 9.44. The van der Waals surface area contributed by atoms with Crippen molar-refractivity contribution in [1.82, 2.24) is 5.10 Å². The maximum Gasteiger partial charge on any atom is 0.212 e. The average Bonchev–Trinajstić information content (AvgIpc) is 2.33. The molecule has 0 saturated heterocycles. The van der Waals surface area contributed by atoms with Crippen molar-refractivity contribution in [3.63, 3.8) is 0 Å². The van der Waals surface area contributed by atoms with Gasteiger partial charge in [-0.2, -0.15) is 0 Å². The van der Waals surface area contributed by atoms with Crippen LogP contribution in [0.4, 0.5) is 0 Å². The van der Waals surface area contributed by atoms with Crippen LogP contribution in [0, 0.1) is 6.92 Å². The molecule has 1 heterocycles. The van der Waals surface area contributed by atoms with E-state index < -0.39 is 0 Å². The lowest BCUT2D eigenvalue weighted by molar-refractivity contribution is -0.735. The summed E-state index contributed by atoms with van der Waals surface area (Å²) in [5.41, 5.74) is 1.20. The Bertz CT molecular complexity index is 687. The van der Waals surface area contributed by atoms with E-state index in [4.69, 9.17) is 0 Å². The monoisotopic (exact) mass is 209 g/mol. The Kier molecular flexibility index (Phi) is 1.90. The van der Waals surface area contributed by atoms with E-state index in [-0.39, 0.29) is 0 Å². The highest BCUT2D eigenvalue weighted by Crippen LogP contribution is 2.24. The number of hydrogen-bond donors (Lipinski definition) is 0. The summed E-state index contributed by atoms with van der Waals surface area (Å²) in [6.45, 7) is 2.10. The van der Waals surface area contributed by atoms with Crippen molar-refractivity contribution in [2.75, 3.05) is 0 Å². The van der Waals surface area contributed by atoms with Gasteiger partial charge in [-0.05, 0) is 21.9 Å². The Hall–Kier alpha value is -1.96. The quantitative estimate of drug-likeness (QED) is 0.410. The Labute approximate surface area is 94.1 Å². The first-order valence-corrected chi connectivity index (χ1v) is 5.41. The summed E-state index contributed by atoms with van der Waals surface area (Å²) in [7, 11) is 1.98. The minimum Gasteiger partial charge on any atom is -0.0909 e. The largest absolute Gasteiger partial charge is 0.212 e. The van der Waals surface area contributed by atoms with Crippen LogP contribution in [0.5, 0.6) is 0 Å². The topological polar surface area (TPSA) is 16.8 Å². The molecule has 78 valence electrons. The smallest absolute Gasteiger partial charge is 0.0909 e. The molecule has 2 nitrogen and oxygen atoms in total. The van der Waals surface area contributed by atoms with Crippen molar-refractivity contribution < 1.29 is 4.68 Å². The molecule has 1 aromatic heterocycles. The third-order valence-corrected chi connectivity index (χ3v) is 3.21. The molecular formula is C14H13N2+. The van der Waals surface area contributed by atoms with E-state index in [9.17, 15) is 0 Å². The molecule has 0 aliphatic rings. The first-order valence-electron chi connectivity index (χ1n) is 5.41. The van der Waals surface area contributed by atoms with Crippen LogP contribution in [0.25, 0.3) is 21.5 Å². The molecule has 0 saturated carbocycles. The van der Waals surface area contributed by atoms with Gasteiger partial charge in [0.2, 0.25) is 5.69 Å². The third-order valence-electron chi connectivity index (χ3n) is 3.21. The van der Waals surface area contributed by atoms with Gasteiger partial charge in [0, 0.05) is 12.3 Å². The van der Waals surface area contributed by atoms with Crippen molar-refractivity contribution in [3.8, 4) is 0 Å². The van der Waals surface area contributed by atoms with Crippen LogP contribution in [-0.4, -0.2) is 5.10 Å². The lowest BCUT2D eigenvalue weighted by atomic mass is 10.0. The maximum atomic E-state index is 4.37. The van der Waals surface area contributed by atoms with Crippen LogP contribution in [0.1, 0.15) is 5.69 Å². The Morgan fingerprint density at radius 3 is 2.62 bits per heavy atom. The van der Waals surface area contributed by atoms with Gasteiger partial charge in [0.15, 0.2) is 7.05 Å². The van der Waals surface area contributed by atoms with E-state index in [0.717, 1.165) is 0 Å². The van der Waals surface area contributed by atoms with Gasteiger partial charge in [-0.15, -0.1) is 0 Å². The van der Waals surface area contributed by atoms with Crippen LogP contribution in [0.15, 0.2) is 42.6 Å². The van der Waals surface area contributed by atoms with E-state index in [1.807, 2.05) is 17.9 Å². The van der Waals surface area contributed by atoms with Crippen LogP contribution in [0.2, 0.25) is 0 Å². The molecule has 0 N–H and O–H groups in total. The Morgan fingerprint density at radius 2 is 1.75 bits per heavy atom. The van der Waals surface area contributed by atoms with Gasteiger partial charge in [-0.3, -0.25) is 0 Å². The molecule has 2 aromatic carbocycles. The maximum absolute atomic E-state index is 4.37. The standard InChI is InChI=1S/C14H13N2/c1-10-12-8-7-11-5-3-4-6-13(11)14(12)9-15-16(10)2/h3-9H,1-2H3/q+1. The summed E-state index contributed by atoms with van der Waals surface area (Å²) < 4.78 is 1.91. The van der Waals surface area contributed by atoms with Gasteiger partial charge in [0.25, 0.3) is 0 Å². The molecular weight excluding hydrogens is 196 g/mol. The second kappa shape index (κ2) is 3.27. The zero-order chi connectivity index (χ0) is 11.1. The molecule has 0 fully saturated rings. The van der Waals surface area contributed by atoms with Gasteiger partial charge >= 0.3 is 0 Å². The van der Waals surface area contributed by atoms with Gasteiger partial charge < -0.3 is 0 Å². The fourth-order valence-corrected chi connectivity index (χ4v) is 2.16. The number of fused-ring (bicyclic) bond motifs is 3. The second-order valence-corrected chi connectivity index (χ2v) is 4.10. The molecule has 0 aliphatic heterocycles. The third kappa shape index (κ3) is 1.20. The van der Waals surface area contributed by atoms with Crippen molar-refractivity contribution in [2.45, 2.75) is 6.92 Å². The number of hydrogen-bond acceptors (Lipinski definition) is 1. The van der Waals surface area contributed by atoms with E-state index in [1.54, 1.807) is 0 Å². The molecule has 0 aliphatic carbocycles. The summed E-state index contributed by atoms with van der Waals surface area (Å²) in [6.07, 6.45) is 1.95. The zero-order valence-corrected chi connectivity index (χ0v) is 9.44. The number of benzene rings is 2. The first kappa shape index (κ1) is 9.28. The molecule has 3 rings (SSSR count). The molecule has 0 bridgehead atoms. The van der Waals surface area contributed by atoms with Crippen LogP contribution in [-0.2, 0) is 7.05 Å². The highest BCUT2D eigenvalue weighted by atomic mass is 15.2. The number of rotatable bonds is 0. The first-order chi connectivity index (χ1) is 7.77. The van der Waals surface area contributed by atoms with Gasteiger partial charge in [-0.1, -0.05) is 35.0 Å². The molecule has 0 atom stereocenters. The van der Waals surface area contributed by atoms with E-state index in [2.05, 4.69) is 48.4 Å². The highest BCUT2D eigenvalue weighted by Gasteiger charge is 2.10.